The lowest BCUT2D eigenvalue weighted by molar-refractivity contribution is -0.137. The summed E-state index contributed by atoms with van der Waals surface area (Å²) in [6, 6.07) is 0. The van der Waals surface area contributed by atoms with Gasteiger partial charge in [0, 0.05) is 24.0 Å². The highest BCUT2D eigenvalue weighted by atomic mass is 32.1. The van der Waals surface area contributed by atoms with Crippen molar-refractivity contribution in [3.8, 4) is 11.8 Å². The zero-order valence-electron chi connectivity index (χ0n) is 15.3. The molecule has 0 aromatic carbocycles. The van der Waals surface area contributed by atoms with Gasteiger partial charge in [-0.15, -0.1) is 11.8 Å². The van der Waals surface area contributed by atoms with Crippen LogP contribution < -0.4 is 0 Å². The van der Waals surface area contributed by atoms with Crippen molar-refractivity contribution in [2.75, 3.05) is 0 Å². The van der Waals surface area contributed by atoms with Crippen LogP contribution in [0, 0.1) is 29.6 Å². The Labute approximate surface area is 161 Å². The van der Waals surface area contributed by atoms with E-state index in [1.807, 2.05) is 6.08 Å². The number of carboxylic acids is 1. The summed E-state index contributed by atoms with van der Waals surface area (Å²) in [7, 11) is 0. The van der Waals surface area contributed by atoms with Crippen LogP contribution in [0.25, 0.3) is 0 Å². The molecule has 2 aliphatic carbocycles. The van der Waals surface area contributed by atoms with E-state index >= 15 is 0 Å². The summed E-state index contributed by atoms with van der Waals surface area (Å²) in [6.07, 6.45) is 9.90. The van der Waals surface area contributed by atoms with Gasteiger partial charge in [0.2, 0.25) is 0 Å². The Kier molecular flexibility index (Phi) is 8.27. The van der Waals surface area contributed by atoms with Crippen LogP contribution in [-0.2, 0) is 4.79 Å². The van der Waals surface area contributed by atoms with E-state index in [4.69, 9.17) is 5.11 Å². The van der Waals surface area contributed by atoms with Gasteiger partial charge in [0.25, 0.3) is 0 Å². The molecular weight excluding hydrogens is 348 g/mol. The molecule has 2 aliphatic rings. The third-order valence-electron chi connectivity index (χ3n) is 5.55. The third kappa shape index (κ3) is 5.90. The average Bonchev–Trinajstić information content (AvgIpc) is 3.10. The van der Waals surface area contributed by atoms with E-state index in [1.54, 1.807) is 13.0 Å². The van der Waals surface area contributed by atoms with Crippen LogP contribution in [0.2, 0.25) is 0 Å². The van der Waals surface area contributed by atoms with Crippen molar-refractivity contribution >= 4 is 18.6 Å². The molecule has 0 aromatic heterocycles. The monoisotopic (exact) mass is 378 g/mol. The van der Waals surface area contributed by atoms with Gasteiger partial charge >= 0.3 is 5.97 Å². The molecule has 0 spiro atoms. The molecule has 1 unspecified atom stereocenters. The lowest BCUT2D eigenvalue weighted by Gasteiger charge is -2.19. The summed E-state index contributed by atoms with van der Waals surface area (Å²) in [5.41, 5.74) is 1.39. The molecule has 0 amide bonds. The number of unbranched alkanes of at least 4 members (excludes halogenated alkanes) is 1. The summed E-state index contributed by atoms with van der Waals surface area (Å²) in [6.45, 7) is 1.77. The molecule has 0 heterocycles. The van der Waals surface area contributed by atoms with Crippen molar-refractivity contribution in [2.24, 2.45) is 17.8 Å². The number of hydrogen-bond donors (Lipinski definition) is 4. The maximum absolute atomic E-state index is 10.6. The fraction of sp³-hybridized carbons (Fsp3) is 0.667. The number of hydrogen-bond acceptors (Lipinski definition) is 4. The fourth-order valence-electron chi connectivity index (χ4n) is 4.20. The number of aliphatic hydroxyl groups excluding tert-OH is 2. The van der Waals surface area contributed by atoms with Crippen molar-refractivity contribution in [2.45, 2.75) is 69.3 Å². The first kappa shape index (κ1) is 21.1. The average molecular weight is 379 g/mol. The predicted octanol–water partition coefficient (Wildman–Crippen LogP) is 3.20. The SMILES string of the molecule is CC#CC[C@H](S)[C@H](O)/C=C/[C@H]1[C@H](O)CC2C/C(=C\CCCC(=O)O)C[C@@H]21. The van der Waals surface area contributed by atoms with Crippen molar-refractivity contribution in [1.29, 1.82) is 0 Å². The van der Waals surface area contributed by atoms with Gasteiger partial charge < -0.3 is 15.3 Å². The van der Waals surface area contributed by atoms with Crippen LogP contribution in [0.1, 0.15) is 51.9 Å². The quantitative estimate of drug-likeness (QED) is 0.226. The van der Waals surface area contributed by atoms with Crippen molar-refractivity contribution in [3.05, 3.63) is 23.8 Å². The minimum atomic E-state index is -0.744. The number of thiol groups is 1. The highest BCUT2D eigenvalue weighted by molar-refractivity contribution is 7.81. The molecule has 144 valence electrons. The first-order valence-corrected chi connectivity index (χ1v) is 9.95. The standard InChI is InChI=1S/C21H30O4S/c1-2-3-7-20(26)18(22)10-9-16-17-12-14(6-4-5-8-21(24)25)11-15(17)13-19(16)23/h6,9-10,15-20,22-23,26H,4-5,7-8,11-13H2,1H3,(H,24,25)/b10-9+,14-6+/t15?,16-,17+,18-,19-,20+/m1/s1. The van der Waals surface area contributed by atoms with Crippen LogP contribution in [0.4, 0.5) is 0 Å². The van der Waals surface area contributed by atoms with Crippen LogP contribution in [0.15, 0.2) is 23.8 Å². The second kappa shape index (κ2) is 10.2. The van der Waals surface area contributed by atoms with E-state index in [9.17, 15) is 15.0 Å². The third-order valence-corrected chi connectivity index (χ3v) is 6.04. The predicted molar refractivity (Wildman–Crippen MR) is 106 cm³/mol. The molecule has 6 atom stereocenters. The number of aliphatic hydroxyl groups is 2. The zero-order valence-corrected chi connectivity index (χ0v) is 16.2. The molecule has 0 bridgehead atoms. The van der Waals surface area contributed by atoms with E-state index in [1.165, 1.54) is 5.57 Å². The molecular formula is C21H30O4S. The first-order chi connectivity index (χ1) is 12.4. The van der Waals surface area contributed by atoms with Gasteiger partial charge in [0.15, 0.2) is 0 Å². The van der Waals surface area contributed by atoms with Crippen LogP contribution in [0.5, 0.6) is 0 Å². The van der Waals surface area contributed by atoms with Gasteiger partial charge in [0.1, 0.15) is 0 Å². The van der Waals surface area contributed by atoms with Gasteiger partial charge in [-0.3, -0.25) is 4.79 Å². The molecule has 3 N–H and O–H groups in total. The Bertz CT molecular complexity index is 601. The normalized spacial score (nSPS) is 31.6. The number of aliphatic carboxylic acids is 1. The van der Waals surface area contributed by atoms with Crippen LogP contribution in [-0.4, -0.2) is 38.7 Å². The Morgan fingerprint density at radius 1 is 1.42 bits per heavy atom. The van der Waals surface area contributed by atoms with E-state index in [2.05, 4.69) is 30.5 Å². The Morgan fingerprint density at radius 2 is 2.19 bits per heavy atom. The molecule has 5 heteroatoms. The molecule has 0 saturated heterocycles. The van der Waals surface area contributed by atoms with Gasteiger partial charge in [-0.1, -0.05) is 23.8 Å². The molecule has 2 rings (SSSR count). The Hall–Kier alpha value is -1.22. The second-order valence-electron chi connectivity index (χ2n) is 7.43. The molecule has 0 aromatic rings. The van der Waals surface area contributed by atoms with Crippen LogP contribution in [0.3, 0.4) is 0 Å². The van der Waals surface area contributed by atoms with Crippen LogP contribution >= 0.6 is 12.6 Å². The molecule has 26 heavy (non-hydrogen) atoms. The highest BCUT2D eigenvalue weighted by Gasteiger charge is 2.44. The summed E-state index contributed by atoms with van der Waals surface area (Å²) in [5.74, 6) is 5.95. The molecule has 4 nitrogen and oxygen atoms in total. The topological polar surface area (TPSA) is 77.8 Å². The van der Waals surface area contributed by atoms with E-state index in [0.29, 0.717) is 24.7 Å². The summed E-state index contributed by atoms with van der Waals surface area (Å²) >= 11 is 4.39. The molecule has 0 radical (unpaired) electrons. The van der Waals surface area contributed by atoms with Crippen molar-refractivity contribution in [1.82, 2.24) is 0 Å². The lowest BCUT2D eigenvalue weighted by Crippen LogP contribution is -2.21. The Balaban J connectivity index is 1.89. The minimum absolute atomic E-state index is 0.0670. The smallest absolute Gasteiger partial charge is 0.303 e. The van der Waals surface area contributed by atoms with Gasteiger partial charge in [0.05, 0.1) is 12.2 Å². The van der Waals surface area contributed by atoms with E-state index in [0.717, 1.165) is 25.7 Å². The largest absolute Gasteiger partial charge is 0.481 e. The van der Waals surface area contributed by atoms with Gasteiger partial charge in [-0.25, -0.2) is 0 Å². The molecule has 2 fully saturated rings. The minimum Gasteiger partial charge on any atom is -0.481 e. The summed E-state index contributed by atoms with van der Waals surface area (Å²) in [4.78, 5) is 10.6. The van der Waals surface area contributed by atoms with Crippen molar-refractivity contribution in [3.63, 3.8) is 0 Å². The summed E-state index contributed by atoms with van der Waals surface area (Å²) < 4.78 is 0. The van der Waals surface area contributed by atoms with Gasteiger partial charge in [-0.2, -0.15) is 12.6 Å². The highest BCUT2D eigenvalue weighted by Crippen LogP contribution is 2.50. The first-order valence-electron chi connectivity index (χ1n) is 9.44. The number of rotatable bonds is 8. The number of allylic oxidation sites excluding steroid dienone is 2. The second-order valence-corrected chi connectivity index (χ2v) is 8.10. The number of carbonyl (C=O) groups is 1. The summed E-state index contributed by atoms with van der Waals surface area (Å²) in [5, 5.41) is 29.1. The van der Waals surface area contributed by atoms with E-state index < -0.39 is 12.1 Å². The zero-order chi connectivity index (χ0) is 19.1. The Morgan fingerprint density at radius 3 is 2.88 bits per heavy atom. The van der Waals surface area contributed by atoms with E-state index in [-0.39, 0.29) is 23.7 Å². The van der Waals surface area contributed by atoms with Crippen molar-refractivity contribution < 1.29 is 20.1 Å². The fourth-order valence-corrected chi connectivity index (χ4v) is 4.39. The maximum atomic E-state index is 10.6. The lowest BCUT2D eigenvalue weighted by atomic mass is 9.90. The van der Waals surface area contributed by atoms with Gasteiger partial charge in [-0.05, 0) is 50.9 Å². The molecule has 0 aliphatic heterocycles. The molecule has 2 saturated carbocycles. The maximum Gasteiger partial charge on any atom is 0.303 e. The number of carboxylic acid groups (broad SMARTS) is 1. The number of fused-ring (bicyclic) bond motifs is 1.